The Balaban J connectivity index is 1.28. The number of aryl methyl sites for hydroxylation is 1. The van der Waals surface area contributed by atoms with E-state index in [1.54, 1.807) is 32.0 Å². The van der Waals surface area contributed by atoms with Gasteiger partial charge in [-0.3, -0.25) is 0 Å². The molecule has 0 aliphatic carbocycles. The number of hydrogen-bond donors (Lipinski definition) is 1. The van der Waals surface area contributed by atoms with Crippen LogP contribution in [0.2, 0.25) is 0 Å². The number of rotatable bonds is 7. The number of nitrogens with one attached hydrogen (secondary N) is 1. The molecule has 1 N–H and O–H groups in total. The average molecular weight is 578 g/mol. The van der Waals surface area contributed by atoms with Gasteiger partial charge in [-0.15, -0.1) is 16.8 Å². The van der Waals surface area contributed by atoms with E-state index in [1.165, 1.54) is 43.0 Å². The zero-order chi connectivity index (χ0) is 29.1. The number of benzene rings is 2. The number of halogens is 1. The molecule has 3 aromatic heterocycles. The highest BCUT2D eigenvalue weighted by molar-refractivity contribution is 7.21. The Morgan fingerprint density at radius 2 is 1.85 bits per heavy atom. The number of aromatic nitrogens is 4. The van der Waals surface area contributed by atoms with Gasteiger partial charge in [-0.25, -0.2) is 33.9 Å². The number of methoxy groups -OCH3 is 1. The van der Waals surface area contributed by atoms with Crippen LogP contribution in [0.25, 0.3) is 31.8 Å². The summed E-state index contributed by atoms with van der Waals surface area (Å²) in [6, 6.07) is 11.4. The highest BCUT2D eigenvalue weighted by Crippen LogP contribution is 2.37. The van der Waals surface area contributed by atoms with Gasteiger partial charge in [0.1, 0.15) is 17.2 Å². The lowest BCUT2D eigenvalue weighted by Gasteiger charge is -2.22. The molecular weight excluding hydrogens is 553 g/mol. The van der Waals surface area contributed by atoms with Crippen molar-refractivity contribution in [3.63, 3.8) is 0 Å². The number of hydroxylamine groups is 1. The van der Waals surface area contributed by atoms with Gasteiger partial charge in [0.25, 0.3) is 0 Å². The second-order valence-electron chi connectivity index (χ2n) is 9.00. The summed E-state index contributed by atoms with van der Waals surface area (Å²) in [5.41, 5.74) is 5.41. The Bertz CT molecular complexity index is 1750. The topological polar surface area (TPSA) is 135 Å². The molecule has 2 aromatic carbocycles. The standard InChI is InChI=1S/C28H24FN5O6S/c1-14-9-17(25-21(10-14)32-24(37-4)13-31-25)26-33-20-11-18(29)22(12-23(20)41-26)38-15(2)16(3)39-28(36)34-40-27(35)19-7-5-6-8-30-19/h5-13,15-16H,1-4H3,(H,34,36)/t15-,16+/m0/s1. The van der Waals surface area contributed by atoms with Crippen molar-refractivity contribution in [3.8, 4) is 22.2 Å². The van der Waals surface area contributed by atoms with Gasteiger partial charge in [0.15, 0.2) is 17.3 Å². The number of hydrogen-bond acceptors (Lipinski definition) is 11. The predicted octanol–water partition coefficient (Wildman–Crippen LogP) is 5.41. The molecule has 13 heteroatoms. The third-order valence-electron chi connectivity index (χ3n) is 6.02. The fraction of sp³-hybridized carbons (Fsp3) is 0.214. The van der Waals surface area contributed by atoms with Gasteiger partial charge in [0.2, 0.25) is 5.88 Å². The first-order valence-corrected chi connectivity index (χ1v) is 13.2. The molecule has 0 saturated heterocycles. The van der Waals surface area contributed by atoms with Gasteiger partial charge in [-0.2, -0.15) is 0 Å². The molecule has 3 heterocycles. The first-order chi connectivity index (χ1) is 19.7. The molecule has 41 heavy (non-hydrogen) atoms. The van der Waals surface area contributed by atoms with Crippen molar-refractivity contribution in [3.05, 3.63) is 71.9 Å². The van der Waals surface area contributed by atoms with Crippen LogP contribution >= 0.6 is 11.3 Å². The molecule has 0 bridgehead atoms. The van der Waals surface area contributed by atoms with E-state index in [0.717, 1.165) is 11.1 Å². The molecule has 5 rings (SSSR count). The third kappa shape index (κ3) is 6.14. The zero-order valence-electron chi connectivity index (χ0n) is 22.4. The molecule has 0 unspecified atom stereocenters. The molecule has 1 amide bonds. The Hall–Kier alpha value is -4.91. The average Bonchev–Trinajstić information content (AvgIpc) is 3.38. The molecule has 5 aromatic rings. The second-order valence-corrected chi connectivity index (χ2v) is 10.0. The Morgan fingerprint density at radius 3 is 2.61 bits per heavy atom. The van der Waals surface area contributed by atoms with Crippen LogP contribution in [-0.4, -0.2) is 51.3 Å². The summed E-state index contributed by atoms with van der Waals surface area (Å²) in [5.74, 6) is -1.11. The number of fused-ring (bicyclic) bond motifs is 2. The summed E-state index contributed by atoms with van der Waals surface area (Å²) in [6.07, 6.45) is 0.347. The molecule has 0 aliphatic heterocycles. The van der Waals surface area contributed by atoms with Gasteiger partial charge in [0, 0.05) is 23.9 Å². The van der Waals surface area contributed by atoms with E-state index < -0.39 is 30.1 Å². The van der Waals surface area contributed by atoms with Crippen LogP contribution in [0.4, 0.5) is 9.18 Å². The molecule has 2 atom stereocenters. The summed E-state index contributed by atoms with van der Waals surface area (Å²) in [5, 5.41) is 0.645. The van der Waals surface area contributed by atoms with Crippen LogP contribution in [0.15, 0.2) is 54.9 Å². The number of thiazole rings is 1. The number of pyridine rings is 1. The van der Waals surface area contributed by atoms with Gasteiger partial charge >= 0.3 is 12.1 Å². The minimum atomic E-state index is -1.02. The first-order valence-electron chi connectivity index (χ1n) is 12.4. The number of ether oxygens (including phenoxy) is 3. The second kappa shape index (κ2) is 11.7. The molecule has 0 aliphatic rings. The van der Waals surface area contributed by atoms with Gasteiger partial charge in [-0.1, -0.05) is 6.07 Å². The Morgan fingerprint density at radius 1 is 1.02 bits per heavy atom. The lowest BCUT2D eigenvalue weighted by atomic mass is 10.1. The van der Waals surface area contributed by atoms with E-state index >= 15 is 4.39 Å². The number of nitrogens with zero attached hydrogens (tertiary/aromatic N) is 4. The van der Waals surface area contributed by atoms with E-state index in [-0.39, 0.29) is 11.4 Å². The maximum Gasteiger partial charge on any atom is 0.441 e. The summed E-state index contributed by atoms with van der Waals surface area (Å²) >= 11 is 1.35. The van der Waals surface area contributed by atoms with Crippen molar-refractivity contribution >= 4 is 44.6 Å². The lowest BCUT2D eigenvalue weighted by molar-refractivity contribution is -0.00405. The molecule has 0 spiro atoms. The lowest BCUT2D eigenvalue weighted by Crippen LogP contribution is -2.36. The molecule has 11 nitrogen and oxygen atoms in total. The Labute approximate surface area is 237 Å². The van der Waals surface area contributed by atoms with E-state index in [0.29, 0.717) is 32.1 Å². The third-order valence-corrected chi connectivity index (χ3v) is 7.07. The minimum Gasteiger partial charge on any atom is -0.484 e. The summed E-state index contributed by atoms with van der Waals surface area (Å²) in [4.78, 5) is 46.1. The fourth-order valence-electron chi connectivity index (χ4n) is 3.85. The van der Waals surface area contributed by atoms with Crippen molar-refractivity contribution in [2.45, 2.75) is 33.0 Å². The predicted molar refractivity (Wildman–Crippen MR) is 148 cm³/mol. The summed E-state index contributed by atoms with van der Waals surface area (Å²) in [6.45, 7) is 5.12. The van der Waals surface area contributed by atoms with Gasteiger partial charge in [0.05, 0.1) is 34.6 Å². The van der Waals surface area contributed by atoms with E-state index in [9.17, 15) is 9.59 Å². The molecule has 0 radical (unpaired) electrons. The van der Waals surface area contributed by atoms with Crippen LogP contribution < -0.4 is 15.0 Å². The van der Waals surface area contributed by atoms with Crippen LogP contribution in [0.3, 0.4) is 0 Å². The molecule has 210 valence electrons. The number of amides is 1. The Kier molecular flexibility index (Phi) is 7.88. The van der Waals surface area contributed by atoms with Crippen LogP contribution in [0.1, 0.15) is 29.9 Å². The van der Waals surface area contributed by atoms with Crippen LogP contribution in [-0.2, 0) is 9.57 Å². The van der Waals surface area contributed by atoms with Crippen molar-refractivity contribution in [2.75, 3.05) is 7.11 Å². The van der Waals surface area contributed by atoms with Gasteiger partial charge in [-0.05, 0) is 50.6 Å². The first kappa shape index (κ1) is 27.6. The van der Waals surface area contributed by atoms with Crippen molar-refractivity contribution in [1.29, 1.82) is 0 Å². The van der Waals surface area contributed by atoms with Crippen molar-refractivity contribution in [2.24, 2.45) is 0 Å². The highest BCUT2D eigenvalue weighted by Gasteiger charge is 2.22. The number of carbonyl (C=O) groups excluding carboxylic acids is 2. The maximum atomic E-state index is 15.0. The zero-order valence-corrected chi connectivity index (χ0v) is 23.2. The van der Waals surface area contributed by atoms with Crippen LogP contribution in [0, 0.1) is 12.7 Å². The fourth-order valence-corrected chi connectivity index (χ4v) is 4.85. The van der Waals surface area contributed by atoms with E-state index in [1.807, 2.05) is 24.5 Å². The maximum absolute atomic E-state index is 15.0. The van der Waals surface area contributed by atoms with Crippen molar-refractivity contribution < 1.29 is 33.0 Å². The highest BCUT2D eigenvalue weighted by atomic mass is 32.1. The summed E-state index contributed by atoms with van der Waals surface area (Å²) in [7, 11) is 1.53. The molecular formula is C28H24FN5O6S. The molecule has 0 fully saturated rings. The number of carbonyl (C=O) groups is 2. The smallest absolute Gasteiger partial charge is 0.441 e. The van der Waals surface area contributed by atoms with E-state index in [4.69, 9.17) is 19.0 Å². The minimum absolute atomic E-state index is 0.0124. The van der Waals surface area contributed by atoms with Gasteiger partial charge < -0.3 is 19.0 Å². The largest absolute Gasteiger partial charge is 0.484 e. The van der Waals surface area contributed by atoms with Crippen molar-refractivity contribution in [1.82, 2.24) is 25.4 Å². The van der Waals surface area contributed by atoms with Crippen LogP contribution in [0.5, 0.6) is 11.6 Å². The molecule has 0 saturated carbocycles. The summed E-state index contributed by atoms with van der Waals surface area (Å²) < 4.78 is 31.9. The monoisotopic (exact) mass is 577 g/mol. The SMILES string of the molecule is COc1cnc2c(-c3nc4cc(F)c(O[C@@H](C)[C@@H](C)OC(=O)NOC(=O)c5ccccn5)cc4s3)cc(C)cc2n1. The quantitative estimate of drug-likeness (QED) is 0.250. The normalized spacial score (nSPS) is 12.5. The van der Waals surface area contributed by atoms with E-state index in [2.05, 4.69) is 19.9 Å².